The number of para-hydroxylation sites is 1. The molecule has 176 valence electrons. The van der Waals surface area contributed by atoms with E-state index < -0.39 is 0 Å². The fourth-order valence-electron chi connectivity index (χ4n) is 3.55. The molecule has 10 nitrogen and oxygen atoms in total. The first-order valence-electron chi connectivity index (χ1n) is 10.9. The Kier molecular flexibility index (Phi) is 6.12. The van der Waals surface area contributed by atoms with Gasteiger partial charge in [0, 0.05) is 24.6 Å². The Morgan fingerprint density at radius 3 is 2.71 bits per heavy atom. The SMILES string of the molecule is O=C(CCn1cnc2ccccc2c1=O)NCCOc1ccc2nnc(-c3ccc(F)cc3)n2n1. The molecule has 1 amide bonds. The highest BCUT2D eigenvalue weighted by Crippen LogP contribution is 2.19. The standard InChI is InChI=1S/C24H20FN7O3/c25-17-7-5-16(6-8-17)23-29-28-20-9-10-22(30-32(20)23)35-14-12-26-21(33)11-13-31-15-27-19-4-2-1-3-18(19)24(31)34/h1-10,15H,11-14H2,(H,26,33). The lowest BCUT2D eigenvalue weighted by Crippen LogP contribution is -2.30. The van der Waals surface area contributed by atoms with Crippen LogP contribution in [-0.4, -0.2) is 48.4 Å². The maximum absolute atomic E-state index is 13.2. The highest BCUT2D eigenvalue weighted by atomic mass is 19.1. The quantitative estimate of drug-likeness (QED) is 0.344. The topological polar surface area (TPSA) is 116 Å². The number of rotatable bonds is 8. The van der Waals surface area contributed by atoms with Crippen molar-refractivity contribution in [1.82, 2.24) is 34.7 Å². The maximum Gasteiger partial charge on any atom is 0.261 e. The average Bonchev–Trinajstić information content (AvgIpc) is 3.30. The fourth-order valence-corrected chi connectivity index (χ4v) is 3.55. The van der Waals surface area contributed by atoms with E-state index in [0.29, 0.717) is 33.8 Å². The molecule has 0 aliphatic carbocycles. The van der Waals surface area contributed by atoms with Crippen LogP contribution in [0.15, 0.2) is 71.8 Å². The monoisotopic (exact) mass is 473 g/mol. The Morgan fingerprint density at radius 1 is 1.03 bits per heavy atom. The van der Waals surface area contributed by atoms with Crippen LogP contribution in [0.25, 0.3) is 27.9 Å². The van der Waals surface area contributed by atoms with Gasteiger partial charge in [0.15, 0.2) is 11.5 Å². The van der Waals surface area contributed by atoms with E-state index in [9.17, 15) is 14.0 Å². The van der Waals surface area contributed by atoms with E-state index in [1.807, 2.05) is 6.07 Å². The molecule has 11 heteroatoms. The lowest BCUT2D eigenvalue weighted by atomic mass is 10.2. The Hall–Kier alpha value is -4.67. The molecule has 1 N–H and O–H groups in total. The first-order chi connectivity index (χ1) is 17.1. The number of benzene rings is 2. The highest BCUT2D eigenvalue weighted by Gasteiger charge is 2.11. The van der Waals surface area contributed by atoms with E-state index in [2.05, 4.69) is 25.6 Å². The Bertz CT molecular complexity index is 1560. The van der Waals surface area contributed by atoms with Crippen molar-refractivity contribution < 1.29 is 13.9 Å². The molecule has 0 radical (unpaired) electrons. The number of carbonyl (C=O) groups is 1. The summed E-state index contributed by atoms with van der Waals surface area (Å²) in [6.45, 7) is 0.674. The normalized spacial score (nSPS) is 11.1. The predicted octanol–water partition coefficient (Wildman–Crippen LogP) is 2.23. The number of nitrogens with zero attached hydrogens (tertiary/aromatic N) is 6. The van der Waals surface area contributed by atoms with Gasteiger partial charge in [-0.05, 0) is 42.5 Å². The van der Waals surface area contributed by atoms with Crippen molar-refractivity contribution in [3.63, 3.8) is 0 Å². The van der Waals surface area contributed by atoms with E-state index in [1.165, 1.54) is 27.5 Å². The summed E-state index contributed by atoms with van der Waals surface area (Å²) < 4.78 is 21.8. The summed E-state index contributed by atoms with van der Waals surface area (Å²) >= 11 is 0. The minimum absolute atomic E-state index is 0.131. The van der Waals surface area contributed by atoms with Crippen molar-refractivity contribution in [3.05, 3.63) is 83.2 Å². The number of ether oxygens (including phenoxy) is 1. The van der Waals surface area contributed by atoms with Crippen LogP contribution in [0.2, 0.25) is 0 Å². The number of fused-ring (bicyclic) bond motifs is 2. The van der Waals surface area contributed by atoms with Gasteiger partial charge in [-0.2, -0.15) is 4.52 Å². The lowest BCUT2D eigenvalue weighted by molar-refractivity contribution is -0.121. The van der Waals surface area contributed by atoms with Gasteiger partial charge in [-0.15, -0.1) is 15.3 Å². The van der Waals surface area contributed by atoms with Crippen molar-refractivity contribution in [1.29, 1.82) is 0 Å². The molecule has 0 spiro atoms. The van der Waals surface area contributed by atoms with Gasteiger partial charge in [-0.3, -0.25) is 14.2 Å². The van der Waals surface area contributed by atoms with Crippen LogP contribution in [0.1, 0.15) is 6.42 Å². The van der Waals surface area contributed by atoms with E-state index in [1.54, 1.807) is 42.5 Å². The number of aromatic nitrogens is 6. The van der Waals surface area contributed by atoms with Crippen molar-refractivity contribution in [3.8, 4) is 17.3 Å². The first kappa shape index (κ1) is 22.1. The van der Waals surface area contributed by atoms with E-state index in [-0.39, 0.29) is 43.4 Å². The molecule has 0 fully saturated rings. The highest BCUT2D eigenvalue weighted by molar-refractivity contribution is 5.77. The van der Waals surface area contributed by atoms with Gasteiger partial charge in [-0.25, -0.2) is 9.37 Å². The molecule has 0 aliphatic rings. The first-order valence-corrected chi connectivity index (χ1v) is 10.9. The Labute approximate surface area is 198 Å². The molecule has 2 aromatic carbocycles. The summed E-state index contributed by atoms with van der Waals surface area (Å²) in [6, 6.07) is 16.3. The van der Waals surface area contributed by atoms with Gasteiger partial charge in [0.1, 0.15) is 12.4 Å². The maximum atomic E-state index is 13.2. The second-order valence-electron chi connectivity index (χ2n) is 7.68. The molecule has 5 aromatic rings. The molecule has 3 heterocycles. The second kappa shape index (κ2) is 9.67. The van der Waals surface area contributed by atoms with Gasteiger partial charge in [0.2, 0.25) is 11.8 Å². The molecule has 3 aromatic heterocycles. The van der Waals surface area contributed by atoms with E-state index >= 15 is 0 Å². The molecule has 0 saturated heterocycles. The van der Waals surface area contributed by atoms with Crippen molar-refractivity contribution in [2.45, 2.75) is 13.0 Å². The summed E-state index contributed by atoms with van der Waals surface area (Å²) in [5, 5.41) is 15.8. The average molecular weight is 473 g/mol. The minimum atomic E-state index is -0.345. The van der Waals surface area contributed by atoms with Crippen molar-refractivity contribution in [2.24, 2.45) is 0 Å². The molecule has 0 atom stereocenters. The van der Waals surface area contributed by atoms with E-state index in [4.69, 9.17) is 4.74 Å². The van der Waals surface area contributed by atoms with Crippen LogP contribution < -0.4 is 15.6 Å². The molecule has 0 unspecified atom stereocenters. The van der Waals surface area contributed by atoms with Crippen LogP contribution in [0.5, 0.6) is 5.88 Å². The number of aryl methyl sites for hydroxylation is 1. The van der Waals surface area contributed by atoms with Crippen LogP contribution in [0, 0.1) is 5.82 Å². The number of amides is 1. The summed E-state index contributed by atoms with van der Waals surface area (Å²) in [5.74, 6) is 0.220. The molecule has 0 bridgehead atoms. The van der Waals surface area contributed by atoms with Crippen LogP contribution >= 0.6 is 0 Å². The summed E-state index contributed by atoms with van der Waals surface area (Å²) in [5.41, 5.74) is 1.63. The molecular formula is C24H20FN7O3. The zero-order chi connectivity index (χ0) is 24.2. The molecule has 0 aliphatic heterocycles. The smallest absolute Gasteiger partial charge is 0.261 e. The fraction of sp³-hybridized carbons (Fsp3) is 0.167. The Morgan fingerprint density at radius 2 is 1.86 bits per heavy atom. The third-order valence-electron chi connectivity index (χ3n) is 5.33. The van der Waals surface area contributed by atoms with Crippen LogP contribution in [-0.2, 0) is 11.3 Å². The summed E-state index contributed by atoms with van der Waals surface area (Å²) in [7, 11) is 0. The second-order valence-corrected chi connectivity index (χ2v) is 7.68. The van der Waals surface area contributed by atoms with Crippen LogP contribution in [0.3, 0.4) is 0 Å². The molecule has 5 rings (SSSR count). The molecular weight excluding hydrogens is 453 g/mol. The minimum Gasteiger partial charge on any atom is -0.475 e. The molecule has 35 heavy (non-hydrogen) atoms. The van der Waals surface area contributed by atoms with E-state index in [0.717, 1.165) is 0 Å². The van der Waals surface area contributed by atoms with Gasteiger partial charge < -0.3 is 10.1 Å². The van der Waals surface area contributed by atoms with Crippen LogP contribution in [0.4, 0.5) is 4.39 Å². The number of hydrogen-bond donors (Lipinski definition) is 1. The van der Waals surface area contributed by atoms with Gasteiger partial charge in [0.05, 0.1) is 23.8 Å². The zero-order valence-corrected chi connectivity index (χ0v) is 18.5. The van der Waals surface area contributed by atoms with Gasteiger partial charge >= 0.3 is 0 Å². The lowest BCUT2D eigenvalue weighted by Gasteiger charge is -2.09. The predicted molar refractivity (Wildman–Crippen MR) is 125 cm³/mol. The number of hydrogen-bond acceptors (Lipinski definition) is 7. The number of carbonyl (C=O) groups excluding carboxylic acids is 1. The largest absolute Gasteiger partial charge is 0.475 e. The third kappa shape index (κ3) is 4.83. The summed E-state index contributed by atoms with van der Waals surface area (Å²) in [6.07, 6.45) is 1.58. The number of nitrogens with one attached hydrogen (secondary N) is 1. The van der Waals surface area contributed by atoms with Crippen molar-refractivity contribution >= 4 is 22.5 Å². The summed E-state index contributed by atoms with van der Waals surface area (Å²) in [4.78, 5) is 29.0. The Balaban J connectivity index is 1.14. The number of halogens is 1. The third-order valence-corrected chi connectivity index (χ3v) is 5.33. The zero-order valence-electron chi connectivity index (χ0n) is 18.5. The van der Waals surface area contributed by atoms with Gasteiger partial charge in [0.25, 0.3) is 5.56 Å². The van der Waals surface area contributed by atoms with Crippen molar-refractivity contribution in [2.75, 3.05) is 13.2 Å². The van der Waals surface area contributed by atoms with Gasteiger partial charge in [-0.1, -0.05) is 12.1 Å². The molecule has 0 saturated carbocycles.